The van der Waals surface area contributed by atoms with E-state index in [2.05, 4.69) is 11.8 Å². The van der Waals surface area contributed by atoms with Crippen LogP contribution < -0.4 is 0 Å². The van der Waals surface area contributed by atoms with E-state index in [1.807, 2.05) is 0 Å². The van der Waals surface area contributed by atoms with Gasteiger partial charge in [0.25, 0.3) is 0 Å². The number of nitrogens with zero attached hydrogens (tertiary/aromatic N) is 1. The summed E-state index contributed by atoms with van der Waals surface area (Å²) in [6, 6.07) is 0. The van der Waals surface area contributed by atoms with Crippen molar-refractivity contribution >= 4 is 5.91 Å². The van der Waals surface area contributed by atoms with Crippen molar-refractivity contribution in [2.45, 2.75) is 71.1 Å². The molecule has 21 heavy (non-hydrogen) atoms. The Kier molecular flexibility index (Phi) is 3.54. The van der Waals surface area contributed by atoms with Crippen LogP contribution in [0.4, 0.5) is 0 Å². The van der Waals surface area contributed by atoms with Gasteiger partial charge in [0.05, 0.1) is 0 Å². The number of carbonyl (C=O) groups is 1. The first-order valence-electron chi connectivity index (χ1n) is 9.40. The second-order valence-electron chi connectivity index (χ2n) is 9.01. The van der Waals surface area contributed by atoms with Gasteiger partial charge in [-0.15, -0.1) is 0 Å². The molecule has 1 unspecified atom stereocenters. The maximum Gasteiger partial charge on any atom is 0.223 e. The quantitative estimate of drug-likeness (QED) is 0.744. The highest BCUT2D eigenvalue weighted by Crippen LogP contribution is 2.61. The molecule has 2 heteroatoms. The Balaban J connectivity index is 1.42. The normalized spacial score (nSPS) is 45.7. The Hall–Kier alpha value is -0.530. The lowest BCUT2D eigenvalue weighted by atomic mass is 9.49. The lowest BCUT2D eigenvalue weighted by Gasteiger charge is -2.57. The van der Waals surface area contributed by atoms with Crippen LogP contribution in [0.15, 0.2) is 0 Å². The number of carbonyl (C=O) groups excluding carboxylic acids is 1. The van der Waals surface area contributed by atoms with Crippen LogP contribution in [0, 0.1) is 29.1 Å². The van der Waals surface area contributed by atoms with Crippen molar-refractivity contribution in [2.75, 3.05) is 13.1 Å². The summed E-state index contributed by atoms with van der Waals surface area (Å²) in [5, 5.41) is 0. The zero-order chi connectivity index (χ0) is 14.4. The molecule has 118 valence electrons. The summed E-state index contributed by atoms with van der Waals surface area (Å²) in [6.45, 7) is 4.38. The van der Waals surface area contributed by atoms with Crippen LogP contribution >= 0.6 is 0 Å². The molecule has 4 bridgehead atoms. The predicted octanol–water partition coefficient (Wildman–Crippen LogP) is 4.24. The molecular formula is C19H31NO. The van der Waals surface area contributed by atoms with Gasteiger partial charge < -0.3 is 4.90 Å². The van der Waals surface area contributed by atoms with Gasteiger partial charge in [0.2, 0.25) is 5.91 Å². The van der Waals surface area contributed by atoms with E-state index >= 15 is 0 Å². The van der Waals surface area contributed by atoms with Gasteiger partial charge in [-0.1, -0.05) is 6.92 Å². The molecule has 0 aromatic rings. The molecule has 4 saturated carbocycles. The number of likely N-dealkylation sites (tertiary alicyclic amines) is 1. The molecule has 5 rings (SSSR count). The molecule has 1 saturated heterocycles. The van der Waals surface area contributed by atoms with Crippen LogP contribution in [0.1, 0.15) is 71.1 Å². The molecule has 0 aromatic carbocycles. The zero-order valence-corrected chi connectivity index (χ0v) is 13.7. The SMILES string of the molecule is CC1CCCN(C(=O)CC23CC4CC(CC(C4)C2)C3)CC1. The zero-order valence-electron chi connectivity index (χ0n) is 13.7. The van der Waals surface area contributed by atoms with Crippen LogP contribution in [-0.2, 0) is 4.79 Å². The number of amides is 1. The second-order valence-corrected chi connectivity index (χ2v) is 9.01. The van der Waals surface area contributed by atoms with Crippen LogP contribution in [0.25, 0.3) is 0 Å². The molecule has 1 amide bonds. The molecule has 1 heterocycles. The fourth-order valence-corrected chi connectivity index (χ4v) is 6.45. The molecule has 1 aliphatic heterocycles. The maximum absolute atomic E-state index is 12.9. The van der Waals surface area contributed by atoms with Gasteiger partial charge in [0.15, 0.2) is 0 Å². The van der Waals surface area contributed by atoms with Gasteiger partial charge in [0.1, 0.15) is 0 Å². The Morgan fingerprint density at radius 1 is 1.00 bits per heavy atom. The number of hydrogen-bond donors (Lipinski definition) is 0. The van der Waals surface area contributed by atoms with Gasteiger partial charge in [-0.2, -0.15) is 0 Å². The smallest absolute Gasteiger partial charge is 0.223 e. The Labute approximate surface area is 129 Å². The third-order valence-corrected chi connectivity index (χ3v) is 7.06. The summed E-state index contributed by atoms with van der Waals surface area (Å²) in [5.41, 5.74) is 0.420. The van der Waals surface area contributed by atoms with Crippen molar-refractivity contribution in [3.63, 3.8) is 0 Å². The second kappa shape index (κ2) is 5.28. The van der Waals surface area contributed by atoms with E-state index in [0.29, 0.717) is 11.3 Å². The first-order chi connectivity index (χ1) is 10.1. The lowest BCUT2D eigenvalue weighted by Crippen LogP contribution is -2.48. The third kappa shape index (κ3) is 2.75. The molecule has 0 aromatic heterocycles. The summed E-state index contributed by atoms with van der Waals surface area (Å²) < 4.78 is 0. The minimum Gasteiger partial charge on any atom is -0.343 e. The minimum absolute atomic E-state index is 0.420. The van der Waals surface area contributed by atoms with Crippen molar-refractivity contribution in [1.82, 2.24) is 4.90 Å². The van der Waals surface area contributed by atoms with Crippen molar-refractivity contribution < 1.29 is 4.79 Å². The largest absolute Gasteiger partial charge is 0.343 e. The van der Waals surface area contributed by atoms with E-state index in [-0.39, 0.29) is 0 Å². The summed E-state index contributed by atoms with van der Waals surface area (Å²) in [7, 11) is 0. The highest BCUT2D eigenvalue weighted by Gasteiger charge is 2.51. The Morgan fingerprint density at radius 3 is 2.24 bits per heavy atom. The first-order valence-corrected chi connectivity index (χ1v) is 9.40. The van der Waals surface area contributed by atoms with Crippen molar-refractivity contribution in [3.05, 3.63) is 0 Å². The van der Waals surface area contributed by atoms with Gasteiger partial charge in [-0.3, -0.25) is 4.79 Å². The fourth-order valence-electron chi connectivity index (χ4n) is 6.45. The Bertz CT molecular complexity index is 381. The Morgan fingerprint density at radius 2 is 1.62 bits per heavy atom. The molecule has 0 radical (unpaired) electrons. The molecule has 0 N–H and O–H groups in total. The highest BCUT2D eigenvalue weighted by atomic mass is 16.2. The van der Waals surface area contributed by atoms with Gasteiger partial charge in [0, 0.05) is 19.5 Å². The van der Waals surface area contributed by atoms with E-state index < -0.39 is 0 Å². The monoisotopic (exact) mass is 289 g/mol. The van der Waals surface area contributed by atoms with Crippen molar-refractivity contribution in [2.24, 2.45) is 29.1 Å². The average Bonchev–Trinajstić information content (AvgIpc) is 2.61. The third-order valence-electron chi connectivity index (χ3n) is 7.06. The minimum atomic E-state index is 0.420. The topological polar surface area (TPSA) is 20.3 Å². The predicted molar refractivity (Wildman–Crippen MR) is 84.8 cm³/mol. The summed E-state index contributed by atoms with van der Waals surface area (Å²) in [5.74, 6) is 4.20. The molecule has 5 fully saturated rings. The number of hydrogen-bond acceptors (Lipinski definition) is 1. The van der Waals surface area contributed by atoms with E-state index in [4.69, 9.17) is 0 Å². The van der Waals surface area contributed by atoms with Crippen LogP contribution in [0.3, 0.4) is 0 Å². The van der Waals surface area contributed by atoms with E-state index in [0.717, 1.165) is 43.2 Å². The van der Waals surface area contributed by atoms with Crippen LogP contribution in [0.5, 0.6) is 0 Å². The van der Waals surface area contributed by atoms with Gasteiger partial charge in [-0.25, -0.2) is 0 Å². The van der Waals surface area contributed by atoms with Crippen molar-refractivity contribution in [1.29, 1.82) is 0 Å². The summed E-state index contributed by atoms with van der Waals surface area (Å²) >= 11 is 0. The lowest BCUT2D eigenvalue weighted by molar-refractivity contribution is -0.139. The maximum atomic E-state index is 12.9. The van der Waals surface area contributed by atoms with E-state index in [1.165, 1.54) is 57.8 Å². The molecule has 1 atom stereocenters. The standard InChI is InChI=1S/C19H31NO/c1-14-3-2-5-20(6-4-14)18(21)13-19-10-15-7-16(11-19)9-17(8-15)12-19/h14-17H,2-13H2,1H3. The fraction of sp³-hybridized carbons (Fsp3) is 0.947. The van der Waals surface area contributed by atoms with Crippen LogP contribution in [-0.4, -0.2) is 23.9 Å². The highest BCUT2D eigenvalue weighted by molar-refractivity contribution is 5.77. The van der Waals surface area contributed by atoms with Crippen molar-refractivity contribution in [3.8, 4) is 0 Å². The van der Waals surface area contributed by atoms with E-state index in [9.17, 15) is 4.79 Å². The summed E-state index contributed by atoms with van der Waals surface area (Å²) in [4.78, 5) is 15.1. The molecule has 2 nitrogen and oxygen atoms in total. The number of rotatable bonds is 2. The van der Waals surface area contributed by atoms with Gasteiger partial charge in [-0.05, 0) is 86.9 Å². The molecule has 5 aliphatic rings. The molecule has 4 aliphatic carbocycles. The van der Waals surface area contributed by atoms with Crippen LogP contribution in [0.2, 0.25) is 0 Å². The molecular weight excluding hydrogens is 258 g/mol. The average molecular weight is 289 g/mol. The van der Waals surface area contributed by atoms with Gasteiger partial charge >= 0.3 is 0 Å². The first kappa shape index (κ1) is 14.1. The molecule has 0 spiro atoms. The summed E-state index contributed by atoms with van der Waals surface area (Å²) in [6.07, 6.45) is 13.2. The van der Waals surface area contributed by atoms with E-state index in [1.54, 1.807) is 0 Å².